The summed E-state index contributed by atoms with van der Waals surface area (Å²) in [6.45, 7) is 2.62. The van der Waals surface area contributed by atoms with Crippen molar-refractivity contribution >= 4 is 11.6 Å². The van der Waals surface area contributed by atoms with E-state index in [1.54, 1.807) is 0 Å². The number of aromatic nitrogens is 2. The number of halogens is 1. The molecule has 5 heteroatoms. The zero-order valence-electron chi connectivity index (χ0n) is 7.76. The first-order valence-electron chi connectivity index (χ1n) is 4.64. The van der Waals surface area contributed by atoms with Crippen molar-refractivity contribution < 1.29 is 0 Å². The fourth-order valence-electron chi connectivity index (χ4n) is 1.63. The molecule has 1 aliphatic heterocycles. The van der Waals surface area contributed by atoms with Crippen molar-refractivity contribution in [1.82, 2.24) is 15.1 Å². The summed E-state index contributed by atoms with van der Waals surface area (Å²) in [6.07, 6.45) is 1.34. The third kappa shape index (κ3) is 1.61. The molecule has 0 saturated heterocycles. The summed E-state index contributed by atoms with van der Waals surface area (Å²) in [4.78, 5) is 0. The van der Waals surface area contributed by atoms with Crippen LogP contribution in [-0.2, 0) is 19.5 Å². The Morgan fingerprint density at radius 2 is 2.50 bits per heavy atom. The minimum atomic E-state index is 0.291. The lowest BCUT2D eigenvalue weighted by atomic mass is 10.3. The standard InChI is InChI=1S/C9H11ClN4/c10-9-7(2-3-11)13-14-5-1-4-12-6-8(9)14/h12H,1-2,4-6H2. The Balaban J connectivity index is 2.36. The van der Waals surface area contributed by atoms with E-state index in [1.165, 1.54) is 0 Å². The maximum atomic E-state index is 8.59. The fraction of sp³-hybridized carbons (Fsp3) is 0.556. The molecule has 14 heavy (non-hydrogen) atoms. The molecule has 74 valence electrons. The molecule has 0 radical (unpaired) electrons. The molecule has 0 bridgehead atoms. The van der Waals surface area contributed by atoms with Crippen LogP contribution < -0.4 is 5.32 Å². The van der Waals surface area contributed by atoms with Gasteiger partial charge in [0.15, 0.2) is 0 Å². The molecule has 2 heterocycles. The molecule has 0 fully saturated rings. The molecule has 4 nitrogen and oxygen atoms in total. The van der Waals surface area contributed by atoms with Crippen molar-refractivity contribution in [2.75, 3.05) is 6.54 Å². The number of hydrogen-bond donors (Lipinski definition) is 1. The maximum absolute atomic E-state index is 8.59. The lowest BCUT2D eigenvalue weighted by Gasteiger charge is -1.99. The predicted octanol–water partition coefficient (Wildman–Crippen LogP) is 1.10. The first-order chi connectivity index (χ1) is 6.83. The second-order valence-electron chi connectivity index (χ2n) is 3.30. The van der Waals surface area contributed by atoms with E-state index in [2.05, 4.69) is 16.5 Å². The first kappa shape index (κ1) is 9.50. The summed E-state index contributed by atoms with van der Waals surface area (Å²) < 4.78 is 1.91. The van der Waals surface area contributed by atoms with E-state index >= 15 is 0 Å². The quantitative estimate of drug-likeness (QED) is 0.755. The monoisotopic (exact) mass is 210 g/mol. The van der Waals surface area contributed by atoms with Crippen LogP contribution >= 0.6 is 11.6 Å². The van der Waals surface area contributed by atoms with Crippen LogP contribution in [0.5, 0.6) is 0 Å². The zero-order chi connectivity index (χ0) is 9.97. The van der Waals surface area contributed by atoms with E-state index in [4.69, 9.17) is 16.9 Å². The van der Waals surface area contributed by atoms with Crippen molar-refractivity contribution in [3.05, 3.63) is 16.4 Å². The smallest absolute Gasteiger partial charge is 0.0954 e. The SMILES string of the molecule is N#CCc1nn2c(c1Cl)CNCCC2. The van der Waals surface area contributed by atoms with Crippen molar-refractivity contribution in [1.29, 1.82) is 5.26 Å². The lowest BCUT2D eigenvalue weighted by Crippen LogP contribution is -2.12. The van der Waals surface area contributed by atoms with Crippen LogP contribution in [0, 0.1) is 11.3 Å². The van der Waals surface area contributed by atoms with E-state index in [1.807, 2.05) is 4.68 Å². The van der Waals surface area contributed by atoms with Gasteiger partial charge in [-0.25, -0.2) is 0 Å². The Morgan fingerprint density at radius 1 is 1.64 bits per heavy atom. The van der Waals surface area contributed by atoms with Gasteiger partial charge < -0.3 is 5.32 Å². The Labute approximate surface area is 87.5 Å². The Morgan fingerprint density at radius 3 is 3.29 bits per heavy atom. The van der Waals surface area contributed by atoms with Crippen LogP contribution in [0.15, 0.2) is 0 Å². The second-order valence-corrected chi connectivity index (χ2v) is 3.67. The number of nitriles is 1. The minimum Gasteiger partial charge on any atom is -0.311 e. The van der Waals surface area contributed by atoms with E-state index in [0.717, 1.165) is 31.7 Å². The van der Waals surface area contributed by atoms with Gasteiger partial charge in [-0.3, -0.25) is 4.68 Å². The topological polar surface area (TPSA) is 53.6 Å². The highest BCUT2D eigenvalue weighted by atomic mass is 35.5. The third-order valence-electron chi connectivity index (χ3n) is 2.32. The molecule has 1 aliphatic rings. The van der Waals surface area contributed by atoms with Gasteiger partial charge in [-0.1, -0.05) is 11.6 Å². The minimum absolute atomic E-state index is 0.291. The maximum Gasteiger partial charge on any atom is 0.0954 e. The van der Waals surface area contributed by atoms with Crippen molar-refractivity contribution in [3.8, 4) is 6.07 Å². The molecular formula is C9H11ClN4. The highest BCUT2D eigenvalue weighted by Gasteiger charge is 2.16. The van der Waals surface area contributed by atoms with Crippen LogP contribution in [0.3, 0.4) is 0 Å². The summed E-state index contributed by atoms with van der Waals surface area (Å²) in [5.41, 5.74) is 1.71. The fourth-order valence-corrected chi connectivity index (χ4v) is 1.90. The normalized spacial score (nSPS) is 15.7. The molecular weight excluding hydrogens is 200 g/mol. The predicted molar refractivity (Wildman–Crippen MR) is 52.9 cm³/mol. The molecule has 0 aliphatic carbocycles. The summed E-state index contributed by atoms with van der Waals surface area (Å²) in [5.74, 6) is 0. The van der Waals surface area contributed by atoms with Gasteiger partial charge in [0, 0.05) is 13.1 Å². The van der Waals surface area contributed by atoms with E-state index in [-0.39, 0.29) is 0 Å². The van der Waals surface area contributed by atoms with Gasteiger partial charge in [0.25, 0.3) is 0 Å². The van der Waals surface area contributed by atoms with Gasteiger partial charge in [0.2, 0.25) is 0 Å². The first-order valence-corrected chi connectivity index (χ1v) is 5.02. The number of fused-ring (bicyclic) bond motifs is 1. The molecule has 0 unspecified atom stereocenters. The molecule has 2 rings (SSSR count). The molecule has 0 spiro atoms. The Kier molecular flexibility index (Phi) is 2.71. The average molecular weight is 211 g/mol. The summed E-state index contributed by atoms with van der Waals surface area (Å²) in [7, 11) is 0. The largest absolute Gasteiger partial charge is 0.311 e. The average Bonchev–Trinajstić information content (AvgIpc) is 2.41. The summed E-state index contributed by atoms with van der Waals surface area (Å²) >= 11 is 6.12. The van der Waals surface area contributed by atoms with E-state index < -0.39 is 0 Å². The number of nitrogens with zero attached hydrogens (tertiary/aromatic N) is 3. The van der Waals surface area contributed by atoms with E-state index in [0.29, 0.717) is 17.1 Å². The van der Waals surface area contributed by atoms with Crippen LogP contribution in [-0.4, -0.2) is 16.3 Å². The molecule has 0 aromatic carbocycles. The van der Waals surface area contributed by atoms with Crippen molar-refractivity contribution in [2.24, 2.45) is 0 Å². The number of nitrogens with one attached hydrogen (secondary N) is 1. The van der Waals surface area contributed by atoms with E-state index in [9.17, 15) is 0 Å². The van der Waals surface area contributed by atoms with Crippen molar-refractivity contribution in [3.63, 3.8) is 0 Å². The van der Waals surface area contributed by atoms with Gasteiger partial charge in [0.1, 0.15) is 0 Å². The highest BCUT2D eigenvalue weighted by molar-refractivity contribution is 6.31. The summed E-state index contributed by atoms with van der Waals surface area (Å²) in [5, 5.41) is 16.8. The number of aryl methyl sites for hydroxylation is 1. The molecule has 0 saturated carbocycles. The van der Waals surface area contributed by atoms with Crippen LogP contribution in [0.25, 0.3) is 0 Å². The van der Waals surface area contributed by atoms with Crippen molar-refractivity contribution in [2.45, 2.75) is 25.9 Å². The van der Waals surface area contributed by atoms with Gasteiger partial charge in [-0.05, 0) is 13.0 Å². The lowest BCUT2D eigenvalue weighted by molar-refractivity contribution is 0.582. The summed E-state index contributed by atoms with van der Waals surface area (Å²) in [6, 6.07) is 2.07. The molecule has 1 N–H and O–H groups in total. The third-order valence-corrected chi connectivity index (χ3v) is 2.76. The molecule has 1 aromatic rings. The van der Waals surface area contributed by atoms with Crippen LogP contribution in [0.2, 0.25) is 5.02 Å². The molecule has 1 aromatic heterocycles. The van der Waals surface area contributed by atoms with Gasteiger partial charge in [-0.15, -0.1) is 0 Å². The van der Waals surface area contributed by atoms with Crippen LogP contribution in [0.1, 0.15) is 17.8 Å². The number of hydrogen-bond acceptors (Lipinski definition) is 3. The van der Waals surface area contributed by atoms with Gasteiger partial charge in [0.05, 0.1) is 28.9 Å². The number of rotatable bonds is 1. The molecule has 0 atom stereocenters. The van der Waals surface area contributed by atoms with Crippen LogP contribution in [0.4, 0.5) is 0 Å². The second kappa shape index (κ2) is 3.99. The molecule has 0 amide bonds. The Hall–Kier alpha value is -1.05. The highest BCUT2D eigenvalue weighted by Crippen LogP contribution is 2.22. The van der Waals surface area contributed by atoms with Gasteiger partial charge in [-0.2, -0.15) is 10.4 Å². The zero-order valence-corrected chi connectivity index (χ0v) is 8.51. The Bertz CT molecular complexity index is 377. The van der Waals surface area contributed by atoms with Gasteiger partial charge >= 0.3 is 0 Å².